The number of carbonyl (C=O) groups excluding carboxylic acids is 2. The Kier molecular flexibility index (Phi) is 10.8. The van der Waals surface area contributed by atoms with E-state index in [4.69, 9.17) is 4.74 Å². The minimum absolute atomic E-state index is 0.0514. The second-order valence-electron chi connectivity index (χ2n) is 10.2. The fraction of sp³-hybridized carbons (Fsp3) is 0.548. The van der Waals surface area contributed by atoms with E-state index in [1.165, 1.54) is 95.2 Å². The summed E-state index contributed by atoms with van der Waals surface area (Å²) in [5, 5.41) is 20.7. The molecule has 196 valence electrons. The van der Waals surface area contributed by atoms with Gasteiger partial charge in [-0.15, -0.1) is 0 Å². The van der Waals surface area contributed by atoms with E-state index in [0.29, 0.717) is 17.9 Å². The van der Waals surface area contributed by atoms with Crippen molar-refractivity contribution in [1.29, 1.82) is 0 Å². The number of fused-ring (bicyclic) bond motifs is 2. The predicted octanol–water partition coefficient (Wildman–Crippen LogP) is 8.04. The van der Waals surface area contributed by atoms with Gasteiger partial charge in [0.1, 0.15) is 17.2 Å². The van der Waals surface area contributed by atoms with E-state index in [1.54, 1.807) is 13.0 Å². The molecule has 2 aromatic rings. The summed E-state index contributed by atoms with van der Waals surface area (Å²) in [5.41, 5.74) is 0.840. The molecule has 1 aliphatic rings. The van der Waals surface area contributed by atoms with Crippen LogP contribution >= 0.6 is 0 Å². The van der Waals surface area contributed by atoms with Gasteiger partial charge in [-0.25, -0.2) is 0 Å². The van der Waals surface area contributed by atoms with Gasteiger partial charge in [-0.3, -0.25) is 9.59 Å². The molecule has 0 fully saturated rings. The van der Waals surface area contributed by atoms with Crippen molar-refractivity contribution >= 4 is 11.6 Å². The molecule has 36 heavy (non-hydrogen) atoms. The van der Waals surface area contributed by atoms with Crippen molar-refractivity contribution in [2.75, 3.05) is 6.61 Å². The van der Waals surface area contributed by atoms with Gasteiger partial charge in [0.15, 0.2) is 5.78 Å². The van der Waals surface area contributed by atoms with Crippen LogP contribution < -0.4 is 4.74 Å². The molecule has 0 saturated heterocycles. The van der Waals surface area contributed by atoms with E-state index < -0.39 is 11.6 Å². The van der Waals surface area contributed by atoms with Crippen molar-refractivity contribution in [1.82, 2.24) is 0 Å². The van der Waals surface area contributed by atoms with Crippen LogP contribution in [0.15, 0.2) is 24.3 Å². The summed E-state index contributed by atoms with van der Waals surface area (Å²) in [6.45, 7) is 4.50. The summed E-state index contributed by atoms with van der Waals surface area (Å²) in [6, 6.07) is 5.95. The molecule has 0 radical (unpaired) electrons. The Morgan fingerprint density at radius 3 is 1.64 bits per heavy atom. The number of aryl methyl sites for hydroxylation is 1. The maximum absolute atomic E-state index is 13.0. The first-order valence-corrected chi connectivity index (χ1v) is 13.9. The lowest BCUT2D eigenvalue weighted by atomic mass is 9.82. The van der Waals surface area contributed by atoms with Crippen LogP contribution in [0.4, 0.5) is 0 Å². The molecule has 0 aliphatic heterocycles. The third kappa shape index (κ3) is 7.35. The van der Waals surface area contributed by atoms with Crippen LogP contribution in [0, 0.1) is 6.92 Å². The number of hydrogen-bond acceptors (Lipinski definition) is 5. The first kappa shape index (κ1) is 27.8. The molecule has 0 aromatic heterocycles. The highest BCUT2D eigenvalue weighted by Crippen LogP contribution is 2.39. The number of rotatable bonds is 16. The molecule has 1 aliphatic carbocycles. The van der Waals surface area contributed by atoms with E-state index in [1.807, 2.05) is 0 Å². The molecule has 5 nitrogen and oxygen atoms in total. The normalized spacial score (nSPS) is 12.5. The van der Waals surface area contributed by atoms with Gasteiger partial charge in [0.05, 0.1) is 17.7 Å². The minimum atomic E-state index is -0.548. The summed E-state index contributed by atoms with van der Waals surface area (Å²) in [7, 11) is 0. The average Bonchev–Trinajstić information content (AvgIpc) is 2.84. The largest absolute Gasteiger partial charge is 0.507 e. The molecule has 2 aromatic carbocycles. The number of phenols is 2. The molecule has 0 spiro atoms. The first-order chi connectivity index (χ1) is 17.4. The number of carbonyl (C=O) groups is 2. The molecule has 0 amide bonds. The van der Waals surface area contributed by atoms with E-state index in [2.05, 4.69) is 6.92 Å². The zero-order chi connectivity index (χ0) is 25.9. The fourth-order valence-electron chi connectivity index (χ4n) is 5.04. The minimum Gasteiger partial charge on any atom is -0.507 e. The van der Waals surface area contributed by atoms with E-state index in [9.17, 15) is 19.8 Å². The van der Waals surface area contributed by atoms with Crippen LogP contribution in [0.3, 0.4) is 0 Å². The lowest BCUT2D eigenvalue weighted by Crippen LogP contribution is -2.21. The summed E-state index contributed by atoms with van der Waals surface area (Å²) in [6.07, 6.45) is 18.0. The molecule has 3 rings (SSSR count). The number of hydrogen-bond donors (Lipinski definition) is 2. The van der Waals surface area contributed by atoms with Crippen LogP contribution in [0.1, 0.15) is 134 Å². The van der Waals surface area contributed by atoms with Crippen molar-refractivity contribution in [3.05, 3.63) is 52.1 Å². The third-order valence-corrected chi connectivity index (χ3v) is 7.06. The Balaban J connectivity index is 1.36. The van der Waals surface area contributed by atoms with Crippen molar-refractivity contribution in [3.63, 3.8) is 0 Å². The maximum Gasteiger partial charge on any atom is 0.201 e. The topological polar surface area (TPSA) is 83.8 Å². The Morgan fingerprint density at radius 1 is 0.611 bits per heavy atom. The summed E-state index contributed by atoms with van der Waals surface area (Å²) in [5.74, 6) is -1.11. The summed E-state index contributed by atoms with van der Waals surface area (Å²) in [4.78, 5) is 26.0. The molecular formula is C31H42O5. The molecule has 2 N–H and O–H groups in total. The molecule has 0 heterocycles. The van der Waals surface area contributed by atoms with Crippen molar-refractivity contribution in [2.24, 2.45) is 0 Å². The van der Waals surface area contributed by atoms with Gasteiger partial charge < -0.3 is 14.9 Å². The smallest absolute Gasteiger partial charge is 0.201 e. The van der Waals surface area contributed by atoms with E-state index in [-0.39, 0.29) is 33.8 Å². The highest BCUT2D eigenvalue weighted by atomic mass is 16.5. The van der Waals surface area contributed by atoms with Gasteiger partial charge in [-0.2, -0.15) is 0 Å². The lowest BCUT2D eigenvalue weighted by Gasteiger charge is -2.20. The summed E-state index contributed by atoms with van der Waals surface area (Å²) < 4.78 is 5.81. The quantitative estimate of drug-likeness (QED) is 0.197. The standard InChI is InChI=1S/C31H42O5/c1-3-4-5-6-7-8-9-10-11-12-13-14-15-16-17-36-23-20-25-29(27(33)21-23)31(35)28-24(30(25)34)18-22(2)19-26(28)32/h18-21,32-33H,3-17H2,1-2H3. The first-order valence-electron chi connectivity index (χ1n) is 13.9. The van der Waals surface area contributed by atoms with Crippen molar-refractivity contribution in [2.45, 2.75) is 104 Å². The number of unbranched alkanes of at least 4 members (excludes halogenated alkanes) is 13. The van der Waals surface area contributed by atoms with Crippen molar-refractivity contribution in [3.8, 4) is 17.2 Å². The zero-order valence-electron chi connectivity index (χ0n) is 22.0. The van der Waals surface area contributed by atoms with Crippen LogP contribution in [0.5, 0.6) is 17.2 Å². The van der Waals surface area contributed by atoms with Gasteiger partial charge in [0.2, 0.25) is 5.78 Å². The number of ether oxygens (including phenoxy) is 1. The van der Waals surface area contributed by atoms with Crippen LogP contribution in [0.2, 0.25) is 0 Å². The number of benzene rings is 2. The molecule has 5 heteroatoms. The lowest BCUT2D eigenvalue weighted by molar-refractivity contribution is 0.0973. The Hall–Kier alpha value is -2.82. The Bertz CT molecular complexity index is 1040. The molecule has 0 bridgehead atoms. The monoisotopic (exact) mass is 494 g/mol. The molecule has 0 saturated carbocycles. The summed E-state index contributed by atoms with van der Waals surface area (Å²) >= 11 is 0. The fourth-order valence-corrected chi connectivity index (χ4v) is 5.04. The van der Waals surface area contributed by atoms with Gasteiger partial charge in [-0.1, -0.05) is 90.4 Å². The third-order valence-electron chi connectivity index (χ3n) is 7.06. The van der Waals surface area contributed by atoms with Crippen LogP contribution in [-0.4, -0.2) is 28.4 Å². The Labute approximate surface area is 215 Å². The second kappa shape index (κ2) is 14.1. The van der Waals surface area contributed by atoms with E-state index >= 15 is 0 Å². The van der Waals surface area contributed by atoms with Gasteiger partial charge in [0, 0.05) is 17.2 Å². The zero-order valence-corrected chi connectivity index (χ0v) is 22.0. The highest BCUT2D eigenvalue weighted by molar-refractivity contribution is 6.30. The predicted molar refractivity (Wildman–Crippen MR) is 144 cm³/mol. The SMILES string of the molecule is CCCCCCCCCCCCCCCCOc1cc(O)c2c(c1)C(=O)c1cc(C)cc(O)c1C2=O. The second-order valence-corrected chi connectivity index (χ2v) is 10.2. The number of aromatic hydroxyl groups is 2. The van der Waals surface area contributed by atoms with Crippen LogP contribution in [0.25, 0.3) is 0 Å². The maximum atomic E-state index is 13.0. The molecular weight excluding hydrogens is 452 g/mol. The molecule has 0 atom stereocenters. The van der Waals surface area contributed by atoms with Crippen LogP contribution in [-0.2, 0) is 0 Å². The van der Waals surface area contributed by atoms with Gasteiger partial charge >= 0.3 is 0 Å². The average molecular weight is 495 g/mol. The number of ketones is 2. The van der Waals surface area contributed by atoms with Gasteiger partial charge in [-0.05, 0) is 37.1 Å². The van der Waals surface area contributed by atoms with Crippen molar-refractivity contribution < 1.29 is 24.5 Å². The molecule has 0 unspecified atom stereocenters. The van der Waals surface area contributed by atoms with E-state index in [0.717, 1.165) is 12.8 Å². The number of phenolic OH excluding ortho intramolecular Hbond substituents is 2. The van der Waals surface area contributed by atoms with Gasteiger partial charge in [0.25, 0.3) is 0 Å². The Morgan fingerprint density at radius 2 is 1.08 bits per heavy atom. The highest BCUT2D eigenvalue weighted by Gasteiger charge is 2.35.